The molecule has 0 saturated heterocycles. The van der Waals surface area contributed by atoms with Gasteiger partial charge in [0.2, 0.25) is 0 Å². The molecule has 0 bridgehead atoms. The van der Waals surface area contributed by atoms with Crippen molar-refractivity contribution < 1.29 is 9.21 Å². The van der Waals surface area contributed by atoms with Gasteiger partial charge < -0.3 is 8.98 Å². The summed E-state index contributed by atoms with van der Waals surface area (Å²) in [4.78, 5) is 16.6. The van der Waals surface area contributed by atoms with Gasteiger partial charge in [0.15, 0.2) is 5.78 Å². The molecule has 0 aliphatic heterocycles. The lowest BCUT2D eigenvalue weighted by Gasteiger charge is -2.03. The van der Waals surface area contributed by atoms with Gasteiger partial charge in [-0.15, -0.1) is 0 Å². The van der Waals surface area contributed by atoms with E-state index in [-0.39, 0.29) is 5.78 Å². The summed E-state index contributed by atoms with van der Waals surface area (Å²) in [6.45, 7) is 2.84. The van der Waals surface area contributed by atoms with E-state index in [0.717, 1.165) is 23.3 Å². The van der Waals surface area contributed by atoms with Crippen LogP contribution in [0.1, 0.15) is 23.1 Å². The SMILES string of the molecule is CCn1ccnc1CC(=O)c1coc2ccccc12. The number of rotatable bonds is 4. The molecule has 2 heterocycles. The molecular formula is C15H14N2O2. The van der Waals surface area contributed by atoms with Crippen molar-refractivity contribution in [3.8, 4) is 0 Å². The summed E-state index contributed by atoms with van der Waals surface area (Å²) >= 11 is 0. The van der Waals surface area contributed by atoms with Crippen molar-refractivity contribution in [2.24, 2.45) is 0 Å². The van der Waals surface area contributed by atoms with Crippen molar-refractivity contribution >= 4 is 16.8 Å². The number of carbonyl (C=O) groups is 1. The molecule has 3 rings (SSSR count). The van der Waals surface area contributed by atoms with E-state index in [9.17, 15) is 4.79 Å². The zero-order valence-electron chi connectivity index (χ0n) is 10.7. The first-order chi connectivity index (χ1) is 9.29. The highest BCUT2D eigenvalue weighted by Gasteiger charge is 2.15. The summed E-state index contributed by atoms with van der Waals surface area (Å²) in [5.74, 6) is 0.823. The van der Waals surface area contributed by atoms with Crippen LogP contribution in [-0.2, 0) is 13.0 Å². The lowest BCUT2D eigenvalue weighted by atomic mass is 10.1. The second-order valence-electron chi connectivity index (χ2n) is 4.37. The molecule has 0 aliphatic carbocycles. The molecule has 96 valence electrons. The number of Topliss-reactive ketones (excluding diaryl/α,β-unsaturated/α-hetero) is 1. The van der Waals surface area contributed by atoms with Crippen LogP contribution in [0.25, 0.3) is 11.0 Å². The van der Waals surface area contributed by atoms with Crippen LogP contribution < -0.4 is 0 Å². The monoisotopic (exact) mass is 254 g/mol. The highest BCUT2D eigenvalue weighted by molar-refractivity contribution is 6.07. The van der Waals surface area contributed by atoms with Gasteiger partial charge >= 0.3 is 0 Å². The van der Waals surface area contributed by atoms with Gasteiger partial charge in [-0.05, 0) is 13.0 Å². The van der Waals surface area contributed by atoms with Gasteiger partial charge in [0.05, 0.1) is 12.0 Å². The van der Waals surface area contributed by atoms with Crippen LogP contribution in [0.15, 0.2) is 47.3 Å². The quantitative estimate of drug-likeness (QED) is 0.672. The number of aromatic nitrogens is 2. The van der Waals surface area contributed by atoms with Crippen LogP contribution in [0, 0.1) is 0 Å². The van der Waals surface area contributed by atoms with Crippen LogP contribution in [-0.4, -0.2) is 15.3 Å². The lowest BCUT2D eigenvalue weighted by molar-refractivity contribution is 0.0990. The van der Waals surface area contributed by atoms with Crippen molar-refractivity contribution in [2.45, 2.75) is 19.9 Å². The number of benzene rings is 1. The van der Waals surface area contributed by atoms with E-state index in [4.69, 9.17) is 4.42 Å². The standard InChI is InChI=1S/C15H14N2O2/c1-2-17-8-7-16-15(17)9-13(18)12-10-19-14-6-4-3-5-11(12)14/h3-8,10H,2,9H2,1H3. The number of furan rings is 1. The predicted octanol–water partition coefficient (Wildman–Crippen LogP) is 3.07. The van der Waals surface area contributed by atoms with Crippen molar-refractivity contribution in [1.29, 1.82) is 0 Å². The number of nitrogens with zero attached hydrogens (tertiary/aromatic N) is 2. The maximum atomic E-state index is 12.3. The van der Waals surface area contributed by atoms with E-state index in [1.54, 1.807) is 6.20 Å². The zero-order chi connectivity index (χ0) is 13.2. The summed E-state index contributed by atoms with van der Waals surface area (Å²) in [6, 6.07) is 7.56. The van der Waals surface area contributed by atoms with E-state index in [1.165, 1.54) is 6.26 Å². The third-order valence-electron chi connectivity index (χ3n) is 3.24. The smallest absolute Gasteiger partial charge is 0.174 e. The fourth-order valence-electron chi connectivity index (χ4n) is 2.23. The minimum absolute atomic E-state index is 0.0332. The summed E-state index contributed by atoms with van der Waals surface area (Å²) < 4.78 is 7.37. The Morgan fingerprint density at radius 3 is 3.05 bits per heavy atom. The number of ketones is 1. The second kappa shape index (κ2) is 4.72. The first-order valence-corrected chi connectivity index (χ1v) is 6.29. The van der Waals surface area contributed by atoms with Gasteiger partial charge in [-0.25, -0.2) is 4.98 Å². The maximum Gasteiger partial charge on any atom is 0.174 e. The zero-order valence-corrected chi connectivity index (χ0v) is 10.7. The Morgan fingerprint density at radius 1 is 1.37 bits per heavy atom. The largest absolute Gasteiger partial charge is 0.464 e. The molecule has 0 spiro atoms. The Balaban J connectivity index is 1.92. The molecule has 0 N–H and O–H groups in total. The Morgan fingerprint density at radius 2 is 2.21 bits per heavy atom. The summed E-state index contributed by atoms with van der Waals surface area (Å²) in [7, 11) is 0. The molecular weight excluding hydrogens is 240 g/mol. The molecule has 0 atom stereocenters. The maximum absolute atomic E-state index is 12.3. The fourth-order valence-corrected chi connectivity index (χ4v) is 2.23. The molecule has 2 aromatic heterocycles. The number of carbonyl (C=O) groups excluding carboxylic acids is 1. The van der Waals surface area contributed by atoms with Crippen LogP contribution in [0.3, 0.4) is 0 Å². The number of hydrogen-bond acceptors (Lipinski definition) is 3. The topological polar surface area (TPSA) is 48.0 Å². The minimum Gasteiger partial charge on any atom is -0.464 e. The molecule has 0 radical (unpaired) electrons. The Kier molecular flexibility index (Phi) is 2.91. The first kappa shape index (κ1) is 11.7. The highest BCUT2D eigenvalue weighted by atomic mass is 16.3. The van der Waals surface area contributed by atoms with Gasteiger partial charge in [-0.3, -0.25) is 4.79 Å². The van der Waals surface area contributed by atoms with E-state index < -0.39 is 0 Å². The molecule has 0 aliphatic rings. The molecule has 3 aromatic rings. The normalized spacial score (nSPS) is 11.0. The number of para-hydroxylation sites is 1. The Bertz CT molecular complexity index is 724. The van der Waals surface area contributed by atoms with Crippen LogP contribution in [0.2, 0.25) is 0 Å². The molecule has 1 aromatic carbocycles. The second-order valence-corrected chi connectivity index (χ2v) is 4.37. The number of fused-ring (bicyclic) bond motifs is 1. The molecule has 4 nitrogen and oxygen atoms in total. The average Bonchev–Trinajstić information content (AvgIpc) is 3.04. The third kappa shape index (κ3) is 2.05. The third-order valence-corrected chi connectivity index (χ3v) is 3.24. The number of imidazole rings is 1. The van der Waals surface area contributed by atoms with Crippen molar-refractivity contribution in [2.75, 3.05) is 0 Å². The van der Waals surface area contributed by atoms with Gasteiger partial charge in [0.25, 0.3) is 0 Å². The summed E-state index contributed by atoms with van der Waals surface area (Å²) in [5, 5.41) is 0.863. The summed E-state index contributed by atoms with van der Waals surface area (Å²) in [5.41, 5.74) is 1.37. The van der Waals surface area contributed by atoms with Gasteiger partial charge in [-0.1, -0.05) is 18.2 Å². The highest BCUT2D eigenvalue weighted by Crippen LogP contribution is 2.22. The number of hydrogen-bond donors (Lipinski definition) is 0. The molecule has 19 heavy (non-hydrogen) atoms. The van der Waals surface area contributed by atoms with Crippen LogP contribution in [0.4, 0.5) is 0 Å². The summed E-state index contributed by atoms with van der Waals surface area (Å²) in [6.07, 6.45) is 5.44. The number of aryl methyl sites for hydroxylation is 1. The van der Waals surface area contributed by atoms with Crippen LogP contribution >= 0.6 is 0 Å². The molecule has 0 saturated carbocycles. The van der Waals surface area contributed by atoms with E-state index in [1.807, 2.05) is 42.0 Å². The van der Waals surface area contributed by atoms with Crippen LogP contribution in [0.5, 0.6) is 0 Å². The van der Waals surface area contributed by atoms with Gasteiger partial charge in [-0.2, -0.15) is 0 Å². The Hall–Kier alpha value is -2.36. The average molecular weight is 254 g/mol. The van der Waals surface area contributed by atoms with Crippen molar-refractivity contribution in [3.05, 3.63) is 54.3 Å². The van der Waals surface area contributed by atoms with Crippen molar-refractivity contribution in [1.82, 2.24) is 9.55 Å². The molecule has 0 unspecified atom stereocenters. The Labute approximate surface area is 110 Å². The van der Waals surface area contributed by atoms with E-state index in [0.29, 0.717) is 12.0 Å². The van der Waals surface area contributed by atoms with E-state index >= 15 is 0 Å². The first-order valence-electron chi connectivity index (χ1n) is 6.29. The van der Waals surface area contributed by atoms with Crippen molar-refractivity contribution in [3.63, 3.8) is 0 Å². The molecule has 4 heteroatoms. The minimum atomic E-state index is 0.0332. The van der Waals surface area contributed by atoms with Gasteiger partial charge in [0, 0.05) is 24.3 Å². The molecule has 0 fully saturated rings. The van der Waals surface area contributed by atoms with E-state index in [2.05, 4.69) is 4.98 Å². The van der Waals surface area contributed by atoms with Gasteiger partial charge in [0.1, 0.15) is 17.7 Å². The molecule has 0 amide bonds. The fraction of sp³-hybridized carbons (Fsp3) is 0.200. The lowest BCUT2D eigenvalue weighted by Crippen LogP contribution is -2.09. The predicted molar refractivity (Wildman–Crippen MR) is 72.1 cm³/mol.